The van der Waals surface area contributed by atoms with Gasteiger partial charge >= 0.3 is 0 Å². The lowest BCUT2D eigenvalue weighted by Crippen LogP contribution is -2.08. The molecule has 0 saturated heterocycles. The first-order valence-electron chi connectivity index (χ1n) is 3.96. The third-order valence-corrected chi connectivity index (χ3v) is 2.44. The van der Waals surface area contributed by atoms with E-state index in [4.69, 9.17) is 11.6 Å². The molecule has 0 fully saturated rings. The number of Topliss-reactive ketones (excluding diaryl/α,β-unsaturated/α-hetero) is 1. The summed E-state index contributed by atoms with van der Waals surface area (Å²) in [5.74, 6) is -0.145. The molecule has 1 rings (SSSR count). The number of carbonyl (C=O) groups is 1. The molecule has 0 aliphatic heterocycles. The zero-order valence-corrected chi connectivity index (χ0v) is 9.19. The highest BCUT2D eigenvalue weighted by molar-refractivity contribution is 7.83. The molecule has 1 aromatic rings. The molecule has 0 aromatic heterocycles. The van der Waals surface area contributed by atoms with Crippen LogP contribution < -0.4 is 0 Å². The van der Waals surface area contributed by atoms with Crippen LogP contribution in [0.3, 0.4) is 0 Å². The van der Waals surface area contributed by atoms with Crippen molar-refractivity contribution in [3.63, 3.8) is 0 Å². The van der Waals surface area contributed by atoms with Crippen LogP contribution >= 0.6 is 24.2 Å². The van der Waals surface area contributed by atoms with Gasteiger partial charge in [-0.25, -0.2) is 0 Å². The van der Waals surface area contributed by atoms with Gasteiger partial charge in [-0.2, -0.15) is 12.6 Å². The monoisotopic (exact) mass is 214 g/mol. The molecule has 13 heavy (non-hydrogen) atoms. The number of rotatable bonds is 2. The molecule has 0 heterocycles. The second kappa shape index (κ2) is 4.16. The minimum atomic E-state index is -0.748. The number of halogens is 1. The number of ketones is 1. The van der Waals surface area contributed by atoms with Gasteiger partial charge in [0.05, 0.1) is 0 Å². The number of benzene rings is 1. The summed E-state index contributed by atoms with van der Waals surface area (Å²) in [4.78, 5) is 11.4. The van der Waals surface area contributed by atoms with E-state index in [1.807, 2.05) is 26.0 Å². The first-order chi connectivity index (χ1) is 6.02. The lowest BCUT2D eigenvalue weighted by molar-refractivity contribution is 0.101. The van der Waals surface area contributed by atoms with Gasteiger partial charge in [-0.15, -0.1) is 11.6 Å². The van der Waals surface area contributed by atoms with Gasteiger partial charge < -0.3 is 0 Å². The third-order valence-electron chi connectivity index (χ3n) is 2.01. The van der Waals surface area contributed by atoms with Crippen LogP contribution in [0.1, 0.15) is 21.5 Å². The SMILES string of the molecule is Cc1ccc(C(=O)C(S)Cl)cc1C. The van der Waals surface area contributed by atoms with Gasteiger partial charge in [-0.05, 0) is 31.0 Å². The van der Waals surface area contributed by atoms with Crippen molar-refractivity contribution >= 4 is 30.0 Å². The highest BCUT2D eigenvalue weighted by Gasteiger charge is 2.12. The maximum absolute atomic E-state index is 11.4. The van der Waals surface area contributed by atoms with Crippen molar-refractivity contribution < 1.29 is 4.79 Å². The smallest absolute Gasteiger partial charge is 0.190 e. The van der Waals surface area contributed by atoms with Crippen molar-refractivity contribution in [1.82, 2.24) is 0 Å². The van der Waals surface area contributed by atoms with E-state index in [1.165, 1.54) is 5.56 Å². The van der Waals surface area contributed by atoms with Crippen LogP contribution in [0.15, 0.2) is 18.2 Å². The second-order valence-corrected chi connectivity index (χ2v) is 4.26. The van der Waals surface area contributed by atoms with Crippen LogP contribution in [0, 0.1) is 13.8 Å². The number of hydrogen-bond donors (Lipinski definition) is 1. The highest BCUT2D eigenvalue weighted by atomic mass is 35.5. The van der Waals surface area contributed by atoms with Gasteiger partial charge in [-0.3, -0.25) is 4.79 Å². The van der Waals surface area contributed by atoms with E-state index in [9.17, 15) is 4.79 Å². The predicted molar refractivity (Wildman–Crippen MR) is 58.9 cm³/mol. The van der Waals surface area contributed by atoms with E-state index in [0.717, 1.165) is 5.56 Å². The van der Waals surface area contributed by atoms with Gasteiger partial charge in [-0.1, -0.05) is 12.1 Å². The Balaban J connectivity index is 3.04. The van der Waals surface area contributed by atoms with E-state index in [2.05, 4.69) is 12.6 Å². The zero-order chi connectivity index (χ0) is 10.0. The number of hydrogen-bond acceptors (Lipinski definition) is 2. The molecule has 1 unspecified atom stereocenters. The molecule has 0 saturated carbocycles. The number of aryl methyl sites for hydroxylation is 2. The van der Waals surface area contributed by atoms with Gasteiger partial charge in [0.15, 0.2) is 5.78 Å². The highest BCUT2D eigenvalue weighted by Crippen LogP contribution is 2.15. The molecule has 0 bridgehead atoms. The Labute approximate surface area is 88.5 Å². The standard InChI is InChI=1S/C10H11ClOS/c1-6-3-4-8(5-7(6)2)9(12)10(11)13/h3-5,10,13H,1-2H3. The summed E-state index contributed by atoms with van der Waals surface area (Å²) in [6.45, 7) is 3.97. The average molecular weight is 215 g/mol. The van der Waals surface area contributed by atoms with Crippen molar-refractivity contribution in [2.45, 2.75) is 18.6 Å². The average Bonchev–Trinajstić information content (AvgIpc) is 2.08. The first kappa shape index (κ1) is 10.6. The summed E-state index contributed by atoms with van der Waals surface area (Å²) in [7, 11) is 0. The Bertz CT molecular complexity index is 334. The molecule has 0 radical (unpaired) electrons. The summed E-state index contributed by atoms with van der Waals surface area (Å²) in [5.41, 5.74) is 2.89. The summed E-state index contributed by atoms with van der Waals surface area (Å²) in [6, 6.07) is 5.52. The lowest BCUT2D eigenvalue weighted by atomic mass is 10.0. The number of alkyl halides is 1. The van der Waals surface area contributed by atoms with E-state index in [0.29, 0.717) is 5.56 Å². The summed E-state index contributed by atoms with van der Waals surface area (Å²) < 4.78 is -0.748. The third kappa shape index (κ3) is 2.48. The van der Waals surface area contributed by atoms with Crippen molar-refractivity contribution in [3.05, 3.63) is 34.9 Å². The Hall–Kier alpha value is -0.470. The molecular weight excluding hydrogens is 204 g/mol. The zero-order valence-electron chi connectivity index (χ0n) is 7.54. The molecule has 1 atom stereocenters. The summed E-state index contributed by atoms with van der Waals surface area (Å²) in [5, 5.41) is 0. The lowest BCUT2D eigenvalue weighted by Gasteiger charge is -2.04. The van der Waals surface area contributed by atoms with Crippen molar-refractivity contribution in [3.8, 4) is 0 Å². The summed E-state index contributed by atoms with van der Waals surface area (Å²) >= 11 is 9.45. The molecule has 0 N–H and O–H groups in total. The molecule has 0 aliphatic rings. The predicted octanol–water partition coefficient (Wildman–Crippen LogP) is 2.98. The number of thiol groups is 1. The molecule has 0 spiro atoms. The fourth-order valence-corrected chi connectivity index (χ4v) is 1.31. The van der Waals surface area contributed by atoms with Crippen LogP contribution in [0.2, 0.25) is 0 Å². The van der Waals surface area contributed by atoms with E-state index in [1.54, 1.807) is 6.07 Å². The molecule has 0 aliphatic carbocycles. The van der Waals surface area contributed by atoms with E-state index in [-0.39, 0.29) is 5.78 Å². The van der Waals surface area contributed by atoms with Crippen LogP contribution in [0.25, 0.3) is 0 Å². The normalized spacial score (nSPS) is 12.6. The second-order valence-electron chi connectivity index (χ2n) is 3.00. The molecule has 0 amide bonds. The van der Waals surface area contributed by atoms with Crippen LogP contribution in [-0.2, 0) is 0 Å². The first-order valence-corrected chi connectivity index (χ1v) is 4.91. The van der Waals surface area contributed by atoms with Crippen LogP contribution in [-0.4, -0.2) is 10.5 Å². The van der Waals surface area contributed by atoms with Gasteiger partial charge in [0, 0.05) is 5.56 Å². The molecule has 3 heteroatoms. The molecular formula is C10H11ClOS. The van der Waals surface area contributed by atoms with Gasteiger partial charge in [0.25, 0.3) is 0 Å². The fraction of sp³-hybridized carbons (Fsp3) is 0.300. The Morgan fingerprint density at radius 3 is 2.46 bits per heavy atom. The molecule has 1 nitrogen and oxygen atoms in total. The largest absolute Gasteiger partial charge is 0.292 e. The van der Waals surface area contributed by atoms with Crippen molar-refractivity contribution in [1.29, 1.82) is 0 Å². The summed E-state index contributed by atoms with van der Waals surface area (Å²) in [6.07, 6.45) is 0. The number of carbonyl (C=O) groups excluding carboxylic acids is 1. The maximum Gasteiger partial charge on any atom is 0.190 e. The minimum absolute atomic E-state index is 0.145. The fourth-order valence-electron chi connectivity index (χ4n) is 1.03. The van der Waals surface area contributed by atoms with Crippen molar-refractivity contribution in [2.24, 2.45) is 0 Å². The van der Waals surface area contributed by atoms with E-state index < -0.39 is 4.71 Å². The Kier molecular flexibility index (Phi) is 3.40. The van der Waals surface area contributed by atoms with Crippen LogP contribution in [0.5, 0.6) is 0 Å². The molecule has 70 valence electrons. The Morgan fingerprint density at radius 2 is 2.00 bits per heavy atom. The Morgan fingerprint density at radius 1 is 1.38 bits per heavy atom. The van der Waals surface area contributed by atoms with Gasteiger partial charge in [0.2, 0.25) is 0 Å². The van der Waals surface area contributed by atoms with E-state index >= 15 is 0 Å². The van der Waals surface area contributed by atoms with Crippen LogP contribution in [0.4, 0.5) is 0 Å². The van der Waals surface area contributed by atoms with Gasteiger partial charge in [0.1, 0.15) is 4.71 Å². The van der Waals surface area contributed by atoms with Crippen molar-refractivity contribution in [2.75, 3.05) is 0 Å². The maximum atomic E-state index is 11.4. The topological polar surface area (TPSA) is 17.1 Å². The minimum Gasteiger partial charge on any atom is -0.292 e. The molecule has 1 aromatic carbocycles. The quantitative estimate of drug-likeness (QED) is 0.455.